The molecule has 0 aromatic rings. The fourth-order valence-electron chi connectivity index (χ4n) is 2.33. The van der Waals surface area contributed by atoms with E-state index in [1.165, 1.54) is 25.7 Å². The van der Waals surface area contributed by atoms with Gasteiger partial charge in [-0.3, -0.25) is 0 Å². The SMILES string of the molecule is NCC1=CC2CCC1CC2. The lowest BCUT2D eigenvalue weighted by Gasteiger charge is -2.34. The third kappa shape index (κ3) is 0.891. The van der Waals surface area contributed by atoms with Crippen molar-refractivity contribution in [1.29, 1.82) is 0 Å². The first-order valence-corrected chi connectivity index (χ1v) is 4.31. The van der Waals surface area contributed by atoms with E-state index in [9.17, 15) is 0 Å². The van der Waals surface area contributed by atoms with Crippen LogP contribution in [0, 0.1) is 11.8 Å². The minimum atomic E-state index is 0.807. The Kier molecular flexibility index (Phi) is 1.53. The molecule has 3 aliphatic carbocycles. The Morgan fingerprint density at radius 3 is 2.30 bits per heavy atom. The fourth-order valence-corrected chi connectivity index (χ4v) is 2.33. The van der Waals surface area contributed by atoms with Crippen LogP contribution in [0.25, 0.3) is 0 Å². The van der Waals surface area contributed by atoms with E-state index in [-0.39, 0.29) is 0 Å². The van der Waals surface area contributed by atoms with Gasteiger partial charge in [-0.2, -0.15) is 0 Å². The van der Waals surface area contributed by atoms with E-state index < -0.39 is 0 Å². The van der Waals surface area contributed by atoms with Crippen LogP contribution in [0.1, 0.15) is 25.7 Å². The molecule has 3 aliphatic rings. The van der Waals surface area contributed by atoms with Crippen molar-refractivity contribution < 1.29 is 0 Å². The summed E-state index contributed by atoms with van der Waals surface area (Å²) in [7, 11) is 0. The second-order valence-corrected chi connectivity index (χ2v) is 3.56. The lowest BCUT2D eigenvalue weighted by Crippen LogP contribution is -2.25. The van der Waals surface area contributed by atoms with E-state index in [1.54, 1.807) is 5.57 Å². The molecule has 0 heterocycles. The van der Waals surface area contributed by atoms with Crippen LogP contribution in [0.15, 0.2) is 11.6 Å². The Bertz CT molecular complexity index is 152. The second kappa shape index (κ2) is 2.39. The van der Waals surface area contributed by atoms with Gasteiger partial charge in [-0.25, -0.2) is 0 Å². The van der Waals surface area contributed by atoms with Crippen LogP contribution in [0.4, 0.5) is 0 Å². The maximum Gasteiger partial charge on any atom is 0.0139 e. The third-order valence-corrected chi connectivity index (χ3v) is 2.98. The largest absolute Gasteiger partial charge is 0.327 e. The number of hydrogen-bond acceptors (Lipinski definition) is 1. The number of nitrogens with two attached hydrogens (primary N) is 1. The molecule has 0 amide bonds. The van der Waals surface area contributed by atoms with E-state index in [1.807, 2.05) is 0 Å². The zero-order valence-electron chi connectivity index (χ0n) is 6.34. The molecule has 0 spiro atoms. The van der Waals surface area contributed by atoms with Crippen LogP contribution in [-0.2, 0) is 0 Å². The van der Waals surface area contributed by atoms with Gasteiger partial charge in [-0.05, 0) is 37.5 Å². The monoisotopic (exact) mass is 137 g/mol. The highest BCUT2D eigenvalue weighted by Gasteiger charge is 2.27. The van der Waals surface area contributed by atoms with Crippen LogP contribution in [-0.4, -0.2) is 6.54 Å². The second-order valence-electron chi connectivity index (χ2n) is 3.56. The Hall–Kier alpha value is -0.300. The average Bonchev–Trinajstić information content (AvgIpc) is 2.06. The Morgan fingerprint density at radius 1 is 1.30 bits per heavy atom. The highest BCUT2D eigenvalue weighted by molar-refractivity contribution is 5.16. The van der Waals surface area contributed by atoms with Crippen molar-refractivity contribution in [2.75, 3.05) is 6.54 Å². The van der Waals surface area contributed by atoms with Crippen molar-refractivity contribution in [3.05, 3.63) is 11.6 Å². The minimum Gasteiger partial charge on any atom is -0.327 e. The van der Waals surface area contributed by atoms with Gasteiger partial charge in [0.05, 0.1) is 0 Å². The van der Waals surface area contributed by atoms with Crippen molar-refractivity contribution in [2.45, 2.75) is 25.7 Å². The van der Waals surface area contributed by atoms with Gasteiger partial charge in [0.15, 0.2) is 0 Å². The van der Waals surface area contributed by atoms with Crippen LogP contribution in [0.5, 0.6) is 0 Å². The number of allylic oxidation sites excluding steroid dienone is 1. The molecule has 10 heavy (non-hydrogen) atoms. The van der Waals surface area contributed by atoms with E-state index in [0.717, 1.165) is 18.4 Å². The summed E-state index contributed by atoms with van der Waals surface area (Å²) in [4.78, 5) is 0. The Labute approximate surface area is 62.3 Å². The van der Waals surface area contributed by atoms with E-state index >= 15 is 0 Å². The molecule has 56 valence electrons. The summed E-state index contributed by atoms with van der Waals surface area (Å²) >= 11 is 0. The first-order valence-electron chi connectivity index (χ1n) is 4.31. The van der Waals surface area contributed by atoms with Gasteiger partial charge in [-0.1, -0.05) is 11.6 Å². The van der Waals surface area contributed by atoms with Crippen LogP contribution in [0.3, 0.4) is 0 Å². The molecule has 0 aromatic carbocycles. The van der Waals surface area contributed by atoms with Gasteiger partial charge >= 0.3 is 0 Å². The first kappa shape index (κ1) is 6.41. The standard InChI is InChI=1S/C9H15N/c10-6-9-5-7-1-3-8(9)4-2-7/h5,7-8H,1-4,6,10H2. The molecule has 2 bridgehead atoms. The topological polar surface area (TPSA) is 26.0 Å². The lowest BCUT2D eigenvalue weighted by molar-refractivity contribution is 0.309. The summed E-state index contributed by atoms with van der Waals surface area (Å²) in [5, 5.41) is 0. The molecule has 1 saturated carbocycles. The number of rotatable bonds is 1. The number of hydrogen-bond donors (Lipinski definition) is 1. The molecule has 1 heteroatoms. The summed E-state index contributed by atoms with van der Waals surface area (Å²) in [5.41, 5.74) is 7.17. The molecule has 3 rings (SSSR count). The van der Waals surface area contributed by atoms with Crippen LogP contribution < -0.4 is 5.73 Å². The summed E-state index contributed by atoms with van der Waals surface area (Å²) in [5.74, 6) is 1.76. The quantitative estimate of drug-likeness (QED) is 0.547. The highest BCUT2D eigenvalue weighted by Crippen LogP contribution is 2.39. The van der Waals surface area contributed by atoms with Gasteiger partial charge < -0.3 is 5.73 Å². The van der Waals surface area contributed by atoms with Gasteiger partial charge in [0.25, 0.3) is 0 Å². The third-order valence-electron chi connectivity index (χ3n) is 2.98. The molecule has 0 radical (unpaired) electrons. The van der Waals surface area contributed by atoms with Gasteiger partial charge in [-0.15, -0.1) is 0 Å². The van der Waals surface area contributed by atoms with E-state index in [4.69, 9.17) is 5.73 Å². The van der Waals surface area contributed by atoms with Crippen molar-refractivity contribution in [3.63, 3.8) is 0 Å². The lowest BCUT2D eigenvalue weighted by atomic mass is 9.71. The average molecular weight is 137 g/mol. The molecule has 0 unspecified atom stereocenters. The van der Waals surface area contributed by atoms with Crippen molar-refractivity contribution in [3.8, 4) is 0 Å². The van der Waals surface area contributed by atoms with Crippen LogP contribution in [0.2, 0.25) is 0 Å². The molecule has 2 N–H and O–H groups in total. The fraction of sp³-hybridized carbons (Fsp3) is 0.778. The normalized spacial score (nSPS) is 37.9. The molecule has 1 nitrogen and oxygen atoms in total. The zero-order valence-corrected chi connectivity index (χ0v) is 6.34. The van der Waals surface area contributed by atoms with Crippen LogP contribution >= 0.6 is 0 Å². The van der Waals surface area contributed by atoms with Gasteiger partial charge in [0, 0.05) is 6.54 Å². The Morgan fingerprint density at radius 2 is 2.00 bits per heavy atom. The molecule has 1 fully saturated rings. The van der Waals surface area contributed by atoms with Crippen molar-refractivity contribution in [2.24, 2.45) is 17.6 Å². The molecule has 0 atom stereocenters. The first-order chi connectivity index (χ1) is 4.90. The highest BCUT2D eigenvalue weighted by atomic mass is 14.5. The molecule has 0 saturated heterocycles. The van der Waals surface area contributed by atoms with Crippen molar-refractivity contribution in [1.82, 2.24) is 0 Å². The summed E-state index contributed by atoms with van der Waals surface area (Å²) in [6.45, 7) is 0.807. The summed E-state index contributed by atoms with van der Waals surface area (Å²) in [6, 6.07) is 0. The molecule has 0 aromatic heterocycles. The van der Waals surface area contributed by atoms with E-state index in [2.05, 4.69) is 6.08 Å². The van der Waals surface area contributed by atoms with Crippen molar-refractivity contribution >= 4 is 0 Å². The van der Waals surface area contributed by atoms with Gasteiger partial charge in [0.1, 0.15) is 0 Å². The molecular weight excluding hydrogens is 122 g/mol. The number of fused-ring (bicyclic) bond motifs is 2. The predicted octanol–water partition coefficient (Wildman–Crippen LogP) is 1.69. The molecular formula is C9H15N. The minimum absolute atomic E-state index is 0.807. The maximum atomic E-state index is 5.62. The predicted molar refractivity (Wildman–Crippen MR) is 42.6 cm³/mol. The smallest absolute Gasteiger partial charge is 0.0139 e. The summed E-state index contributed by atoms with van der Waals surface area (Å²) in [6.07, 6.45) is 8.10. The van der Waals surface area contributed by atoms with Gasteiger partial charge in [0.2, 0.25) is 0 Å². The Balaban J connectivity index is 2.19. The maximum absolute atomic E-state index is 5.62. The molecule has 0 aliphatic heterocycles. The van der Waals surface area contributed by atoms with E-state index in [0.29, 0.717) is 0 Å². The summed E-state index contributed by atoms with van der Waals surface area (Å²) < 4.78 is 0. The zero-order chi connectivity index (χ0) is 6.97.